The highest BCUT2D eigenvalue weighted by molar-refractivity contribution is 4.86. The molecule has 2 aliphatic rings. The van der Waals surface area contributed by atoms with Crippen LogP contribution in [0.15, 0.2) is 0 Å². The molecular weight excluding hydrogens is 172 g/mol. The average molecular weight is 196 g/mol. The van der Waals surface area contributed by atoms with Crippen LogP contribution in [-0.4, -0.2) is 25.7 Å². The van der Waals surface area contributed by atoms with Gasteiger partial charge in [-0.05, 0) is 38.6 Å². The minimum absolute atomic E-state index is 0.718. The van der Waals surface area contributed by atoms with E-state index in [0.29, 0.717) is 0 Å². The zero-order valence-electron chi connectivity index (χ0n) is 9.39. The quantitative estimate of drug-likeness (QED) is 0.702. The Bertz CT molecular complexity index is 160. The Morgan fingerprint density at radius 1 is 1.07 bits per heavy atom. The van der Waals surface area contributed by atoms with Gasteiger partial charge in [0.2, 0.25) is 0 Å². The van der Waals surface area contributed by atoms with E-state index < -0.39 is 0 Å². The van der Waals surface area contributed by atoms with E-state index in [1.807, 2.05) is 0 Å². The maximum Gasteiger partial charge on any atom is 0.0217 e. The molecule has 2 rings (SSSR count). The van der Waals surface area contributed by atoms with Gasteiger partial charge in [-0.25, -0.2) is 0 Å². The lowest BCUT2D eigenvalue weighted by Gasteiger charge is -2.30. The van der Waals surface area contributed by atoms with E-state index >= 15 is 0 Å². The Balaban J connectivity index is 1.71. The molecule has 0 radical (unpaired) electrons. The highest BCUT2D eigenvalue weighted by atomic mass is 15.0. The van der Waals surface area contributed by atoms with Crippen LogP contribution in [0.5, 0.6) is 0 Å². The van der Waals surface area contributed by atoms with Crippen molar-refractivity contribution < 1.29 is 0 Å². The Morgan fingerprint density at radius 2 is 1.79 bits per heavy atom. The summed E-state index contributed by atoms with van der Waals surface area (Å²) in [7, 11) is 2.12. The Hall–Kier alpha value is -0.0800. The molecule has 2 heteroatoms. The van der Waals surface area contributed by atoms with E-state index in [9.17, 15) is 0 Å². The molecule has 82 valence electrons. The minimum Gasteiger partial charge on any atom is -0.315 e. The van der Waals surface area contributed by atoms with Gasteiger partial charge in [-0.2, -0.15) is 0 Å². The van der Waals surface area contributed by atoms with Crippen LogP contribution in [0.25, 0.3) is 0 Å². The topological polar surface area (TPSA) is 24.1 Å². The van der Waals surface area contributed by atoms with Gasteiger partial charge in [-0.1, -0.05) is 19.3 Å². The van der Waals surface area contributed by atoms with E-state index in [-0.39, 0.29) is 0 Å². The molecule has 0 amide bonds. The molecule has 0 saturated heterocycles. The Morgan fingerprint density at radius 3 is 2.36 bits per heavy atom. The van der Waals surface area contributed by atoms with Crippen LogP contribution >= 0.6 is 0 Å². The molecule has 1 atom stereocenters. The lowest BCUT2D eigenvalue weighted by atomic mass is 9.84. The van der Waals surface area contributed by atoms with Crippen LogP contribution in [-0.2, 0) is 0 Å². The van der Waals surface area contributed by atoms with Crippen molar-refractivity contribution in [2.45, 2.75) is 57.0 Å². The van der Waals surface area contributed by atoms with Crippen molar-refractivity contribution in [2.75, 3.05) is 13.6 Å². The van der Waals surface area contributed by atoms with E-state index in [4.69, 9.17) is 0 Å². The fourth-order valence-electron chi connectivity index (χ4n) is 2.62. The largest absolute Gasteiger partial charge is 0.315 e. The molecule has 14 heavy (non-hydrogen) atoms. The van der Waals surface area contributed by atoms with Gasteiger partial charge < -0.3 is 10.6 Å². The summed E-state index contributed by atoms with van der Waals surface area (Å²) < 4.78 is 0. The monoisotopic (exact) mass is 196 g/mol. The predicted molar refractivity (Wildman–Crippen MR) is 60.4 cm³/mol. The van der Waals surface area contributed by atoms with Gasteiger partial charge in [0.15, 0.2) is 0 Å². The normalized spacial score (nSPS) is 26.4. The minimum atomic E-state index is 0.718. The number of likely N-dealkylation sites (N-methyl/N-ethyl adjacent to an activating group) is 1. The second-order valence-electron chi connectivity index (χ2n) is 4.98. The maximum absolute atomic E-state index is 3.64. The zero-order chi connectivity index (χ0) is 9.80. The van der Waals surface area contributed by atoms with Crippen molar-refractivity contribution in [1.82, 2.24) is 10.6 Å². The summed E-state index contributed by atoms with van der Waals surface area (Å²) in [5.41, 5.74) is 0. The molecule has 2 aliphatic carbocycles. The van der Waals surface area contributed by atoms with Gasteiger partial charge in [0.1, 0.15) is 0 Å². The first-order valence-corrected chi connectivity index (χ1v) is 6.31. The third kappa shape index (κ3) is 2.96. The molecule has 0 aliphatic heterocycles. The molecule has 0 heterocycles. The second kappa shape index (κ2) is 5.13. The van der Waals surface area contributed by atoms with Crippen LogP contribution in [0.3, 0.4) is 0 Å². The van der Waals surface area contributed by atoms with Crippen LogP contribution in [0.1, 0.15) is 44.9 Å². The first-order valence-electron chi connectivity index (χ1n) is 6.31. The Labute approximate surface area is 87.8 Å². The fourth-order valence-corrected chi connectivity index (χ4v) is 2.62. The SMILES string of the molecule is CNC(CNC1CC1)C1CCCCC1. The van der Waals surface area contributed by atoms with E-state index in [1.165, 1.54) is 51.5 Å². The van der Waals surface area contributed by atoms with E-state index in [1.54, 1.807) is 0 Å². The summed E-state index contributed by atoms with van der Waals surface area (Å²) in [6.07, 6.45) is 10.1. The maximum atomic E-state index is 3.64. The molecule has 2 N–H and O–H groups in total. The summed E-state index contributed by atoms with van der Waals surface area (Å²) in [6, 6.07) is 1.57. The third-order valence-electron chi connectivity index (χ3n) is 3.79. The summed E-state index contributed by atoms with van der Waals surface area (Å²) in [5, 5.41) is 7.13. The molecule has 0 aromatic carbocycles. The van der Waals surface area contributed by atoms with Gasteiger partial charge in [-0.3, -0.25) is 0 Å². The van der Waals surface area contributed by atoms with Gasteiger partial charge in [0.05, 0.1) is 0 Å². The lowest BCUT2D eigenvalue weighted by molar-refractivity contribution is 0.271. The first-order chi connectivity index (χ1) is 6.90. The van der Waals surface area contributed by atoms with Crippen LogP contribution in [0.4, 0.5) is 0 Å². The number of hydrogen-bond donors (Lipinski definition) is 2. The van der Waals surface area contributed by atoms with Crippen molar-refractivity contribution in [2.24, 2.45) is 5.92 Å². The highest BCUT2D eigenvalue weighted by Gasteiger charge is 2.25. The van der Waals surface area contributed by atoms with E-state index in [0.717, 1.165) is 18.0 Å². The van der Waals surface area contributed by atoms with Crippen molar-refractivity contribution in [3.63, 3.8) is 0 Å². The summed E-state index contributed by atoms with van der Waals surface area (Å²) in [4.78, 5) is 0. The van der Waals surface area contributed by atoms with Gasteiger partial charge in [-0.15, -0.1) is 0 Å². The van der Waals surface area contributed by atoms with Crippen LogP contribution in [0, 0.1) is 5.92 Å². The zero-order valence-corrected chi connectivity index (χ0v) is 9.39. The average Bonchev–Trinajstić information content (AvgIpc) is 3.04. The van der Waals surface area contributed by atoms with Crippen molar-refractivity contribution in [1.29, 1.82) is 0 Å². The second-order valence-corrected chi connectivity index (χ2v) is 4.98. The molecule has 0 aromatic heterocycles. The van der Waals surface area contributed by atoms with Crippen molar-refractivity contribution in [3.8, 4) is 0 Å². The molecule has 2 nitrogen and oxygen atoms in total. The molecule has 2 fully saturated rings. The molecule has 0 spiro atoms. The lowest BCUT2D eigenvalue weighted by Crippen LogP contribution is -2.43. The smallest absolute Gasteiger partial charge is 0.0217 e. The van der Waals surface area contributed by atoms with Crippen LogP contribution in [0.2, 0.25) is 0 Å². The Kier molecular flexibility index (Phi) is 3.82. The molecule has 1 unspecified atom stereocenters. The standard InChI is InChI=1S/C12H24N2/c1-13-12(9-14-11-7-8-11)10-5-3-2-4-6-10/h10-14H,2-9H2,1H3. The number of rotatable bonds is 5. The van der Waals surface area contributed by atoms with Gasteiger partial charge in [0, 0.05) is 18.6 Å². The summed E-state index contributed by atoms with van der Waals surface area (Å²) in [6.45, 7) is 1.19. The molecule has 0 aromatic rings. The predicted octanol–water partition coefficient (Wildman–Crippen LogP) is 1.91. The number of hydrogen-bond acceptors (Lipinski definition) is 2. The van der Waals surface area contributed by atoms with Crippen LogP contribution < -0.4 is 10.6 Å². The molecule has 0 bridgehead atoms. The van der Waals surface area contributed by atoms with Crippen molar-refractivity contribution in [3.05, 3.63) is 0 Å². The number of nitrogens with one attached hydrogen (secondary N) is 2. The summed E-state index contributed by atoms with van der Waals surface area (Å²) in [5.74, 6) is 0.931. The molecular formula is C12H24N2. The fraction of sp³-hybridized carbons (Fsp3) is 1.00. The third-order valence-corrected chi connectivity index (χ3v) is 3.79. The first kappa shape index (κ1) is 10.4. The van der Waals surface area contributed by atoms with Crippen molar-refractivity contribution >= 4 is 0 Å². The summed E-state index contributed by atoms with van der Waals surface area (Å²) >= 11 is 0. The van der Waals surface area contributed by atoms with Gasteiger partial charge in [0.25, 0.3) is 0 Å². The molecule has 2 saturated carbocycles. The highest BCUT2D eigenvalue weighted by Crippen LogP contribution is 2.27. The van der Waals surface area contributed by atoms with E-state index in [2.05, 4.69) is 17.7 Å². The van der Waals surface area contributed by atoms with Gasteiger partial charge >= 0.3 is 0 Å².